The predicted octanol–water partition coefficient (Wildman–Crippen LogP) is 4.16. The lowest BCUT2D eigenvalue weighted by molar-refractivity contribution is 0.582. The van der Waals surface area contributed by atoms with Gasteiger partial charge in [0.2, 0.25) is 0 Å². The molecule has 0 saturated carbocycles. The smallest absolute Gasteiger partial charge is 0.0572 e. The van der Waals surface area contributed by atoms with Gasteiger partial charge >= 0.3 is 0 Å². The SMILES string of the molecule is CCCCCN(c1ccc(C(C)NCC)nc1)C(C)C. The van der Waals surface area contributed by atoms with E-state index in [0.717, 1.165) is 18.8 Å². The molecule has 1 aromatic rings. The number of nitrogens with zero attached hydrogens (tertiary/aromatic N) is 2. The van der Waals surface area contributed by atoms with Gasteiger partial charge in [-0.05, 0) is 45.9 Å². The molecule has 1 heterocycles. The van der Waals surface area contributed by atoms with Crippen LogP contribution in [0.1, 0.15) is 65.6 Å². The van der Waals surface area contributed by atoms with Gasteiger partial charge in [-0.3, -0.25) is 4.98 Å². The summed E-state index contributed by atoms with van der Waals surface area (Å²) in [5.74, 6) is 0. The third-order valence-electron chi connectivity index (χ3n) is 3.68. The third kappa shape index (κ3) is 5.12. The van der Waals surface area contributed by atoms with Crippen LogP contribution >= 0.6 is 0 Å². The van der Waals surface area contributed by atoms with Crippen LogP contribution in [0.25, 0.3) is 0 Å². The van der Waals surface area contributed by atoms with Crippen molar-refractivity contribution in [2.45, 2.75) is 66.0 Å². The Labute approximate surface area is 124 Å². The average Bonchev–Trinajstić information content (AvgIpc) is 2.44. The lowest BCUT2D eigenvalue weighted by atomic mass is 10.1. The summed E-state index contributed by atoms with van der Waals surface area (Å²) in [5, 5.41) is 3.40. The highest BCUT2D eigenvalue weighted by Gasteiger charge is 2.12. The number of pyridine rings is 1. The number of anilines is 1. The number of hydrogen-bond acceptors (Lipinski definition) is 3. The summed E-state index contributed by atoms with van der Waals surface area (Å²) < 4.78 is 0. The number of unbranched alkanes of at least 4 members (excludes halogenated alkanes) is 2. The summed E-state index contributed by atoms with van der Waals surface area (Å²) in [6.45, 7) is 13.1. The van der Waals surface area contributed by atoms with Crippen molar-refractivity contribution in [2.24, 2.45) is 0 Å². The minimum absolute atomic E-state index is 0.321. The van der Waals surface area contributed by atoms with E-state index >= 15 is 0 Å². The van der Waals surface area contributed by atoms with Crippen molar-refractivity contribution in [3.8, 4) is 0 Å². The molecule has 0 fully saturated rings. The molecule has 0 aliphatic rings. The number of hydrogen-bond donors (Lipinski definition) is 1. The van der Waals surface area contributed by atoms with Crippen molar-refractivity contribution in [1.82, 2.24) is 10.3 Å². The summed E-state index contributed by atoms with van der Waals surface area (Å²) in [6.07, 6.45) is 5.84. The Morgan fingerprint density at radius 1 is 1.15 bits per heavy atom. The second kappa shape index (κ2) is 8.96. The van der Waals surface area contributed by atoms with E-state index in [-0.39, 0.29) is 0 Å². The minimum Gasteiger partial charge on any atom is -0.368 e. The Morgan fingerprint density at radius 2 is 1.90 bits per heavy atom. The fourth-order valence-corrected chi connectivity index (χ4v) is 2.45. The maximum absolute atomic E-state index is 4.62. The van der Waals surface area contributed by atoms with Gasteiger partial charge in [-0.25, -0.2) is 0 Å². The van der Waals surface area contributed by atoms with Crippen molar-refractivity contribution in [1.29, 1.82) is 0 Å². The van der Waals surface area contributed by atoms with E-state index in [1.807, 2.05) is 6.20 Å². The fourth-order valence-electron chi connectivity index (χ4n) is 2.45. The largest absolute Gasteiger partial charge is 0.368 e. The lowest BCUT2D eigenvalue weighted by Crippen LogP contribution is -2.32. The van der Waals surface area contributed by atoms with Crippen LogP contribution in [0.3, 0.4) is 0 Å². The maximum atomic E-state index is 4.62. The monoisotopic (exact) mass is 277 g/mol. The molecule has 0 saturated heterocycles. The molecule has 0 bridgehead atoms. The zero-order valence-corrected chi connectivity index (χ0v) is 13.8. The van der Waals surface area contributed by atoms with Crippen molar-refractivity contribution in [3.05, 3.63) is 24.0 Å². The molecule has 1 rings (SSSR count). The van der Waals surface area contributed by atoms with Gasteiger partial charge in [0.15, 0.2) is 0 Å². The second-order valence-corrected chi connectivity index (χ2v) is 5.71. The Balaban J connectivity index is 2.72. The van der Waals surface area contributed by atoms with Crippen molar-refractivity contribution >= 4 is 5.69 Å². The van der Waals surface area contributed by atoms with E-state index in [2.05, 4.69) is 62.0 Å². The van der Waals surface area contributed by atoms with Gasteiger partial charge in [0.25, 0.3) is 0 Å². The highest BCUT2D eigenvalue weighted by molar-refractivity contribution is 5.45. The highest BCUT2D eigenvalue weighted by atomic mass is 15.2. The summed E-state index contributed by atoms with van der Waals surface area (Å²) in [5.41, 5.74) is 2.36. The van der Waals surface area contributed by atoms with Crippen molar-refractivity contribution < 1.29 is 0 Å². The van der Waals surface area contributed by atoms with Crippen molar-refractivity contribution in [2.75, 3.05) is 18.0 Å². The molecule has 1 atom stereocenters. The number of rotatable bonds is 9. The number of nitrogens with one attached hydrogen (secondary N) is 1. The molecule has 0 radical (unpaired) electrons. The first-order valence-electron chi connectivity index (χ1n) is 8.06. The Morgan fingerprint density at radius 3 is 2.40 bits per heavy atom. The van der Waals surface area contributed by atoms with Crippen LogP contribution in [0.15, 0.2) is 18.3 Å². The second-order valence-electron chi connectivity index (χ2n) is 5.71. The predicted molar refractivity (Wildman–Crippen MR) is 88.3 cm³/mol. The zero-order chi connectivity index (χ0) is 15.0. The highest BCUT2D eigenvalue weighted by Crippen LogP contribution is 2.19. The fraction of sp³-hybridized carbons (Fsp3) is 0.706. The summed E-state index contributed by atoms with van der Waals surface area (Å²) >= 11 is 0. The van der Waals surface area contributed by atoms with Crippen LogP contribution in [0.5, 0.6) is 0 Å². The minimum atomic E-state index is 0.321. The molecule has 0 amide bonds. The Hall–Kier alpha value is -1.09. The molecule has 3 nitrogen and oxygen atoms in total. The molecule has 0 spiro atoms. The van der Waals surface area contributed by atoms with Gasteiger partial charge in [-0.1, -0.05) is 26.7 Å². The van der Waals surface area contributed by atoms with E-state index in [4.69, 9.17) is 0 Å². The van der Waals surface area contributed by atoms with Crippen LogP contribution in [0.4, 0.5) is 5.69 Å². The van der Waals surface area contributed by atoms with Gasteiger partial charge in [-0.2, -0.15) is 0 Å². The molecule has 1 aromatic heterocycles. The third-order valence-corrected chi connectivity index (χ3v) is 3.68. The number of aromatic nitrogens is 1. The molecule has 3 heteroatoms. The van der Waals surface area contributed by atoms with Gasteiger partial charge < -0.3 is 10.2 Å². The topological polar surface area (TPSA) is 28.2 Å². The van der Waals surface area contributed by atoms with Crippen LogP contribution in [0, 0.1) is 0 Å². The van der Waals surface area contributed by atoms with Crippen LogP contribution < -0.4 is 10.2 Å². The molecular weight excluding hydrogens is 246 g/mol. The van der Waals surface area contributed by atoms with Crippen LogP contribution in [0.2, 0.25) is 0 Å². The first-order valence-corrected chi connectivity index (χ1v) is 8.06. The first kappa shape index (κ1) is 17.0. The maximum Gasteiger partial charge on any atom is 0.0572 e. The molecule has 0 aliphatic heterocycles. The standard InChI is InChI=1S/C17H31N3/c1-6-8-9-12-20(14(3)4)16-10-11-17(19-13-16)15(5)18-7-2/h10-11,13-15,18H,6-9,12H2,1-5H3. The van der Waals surface area contributed by atoms with E-state index in [0.29, 0.717) is 12.1 Å². The van der Waals surface area contributed by atoms with Crippen LogP contribution in [-0.4, -0.2) is 24.1 Å². The van der Waals surface area contributed by atoms with Crippen molar-refractivity contribution in [3.63, 3.8) is 0 Å². The molecule has 114 valence electrons. The van der Waals surface area contributed by atoms with Gasteiger partial charge in [0, 0.05) is 18.6 Å². The molecule has 1 N–H and O–H groups in total. The van der Waals surface area contributed by atoms with E-state index in [9.17, 15) is 0 Å². The first-order chi connectivity index (χ1) is 9.60. The summed E-state index contributed by atoms with van der Waals surface area (Å²) in [4.78, 5) is 7.07. The van der Waals surface area contributed by atoms with E-state index < -0.39 is 0 Å². The summed E-state index contributed by atoms with van der Waals surface area (Å²) in [7, 11) is 0. The zero-order valence-electron chi connectivity index (χ0n) is 13.8. The molecule has 1 unspecified atom stereocenters. The van der Waals surface area contributed by atoms with E-state index in [1.54, 1.807) is 0 Å². The van der Waals surface area contributed by atoms with Gasteiger partial charge in [-0.15, -0.1) is 0 Å². The Bertz CT molecular complexity index is 359. The normalized spacial score (nSPS) is 12.7. The quantitative estimate of drug-likeness (QED) is 0.687. The summed E-state index contributed by atoms with van der Waals surface area (Å²) in [6, 6.07) is 5.20. The van der Waals surface area contributed by atoms with Crippen LogP contribution in [-0.2, 0) is 0 Å². The molecule has 20 heavy (non-hydrogen) atoms. The van der Waals surface area contributed by atoms with Gasteiger partial charge in [0.1, 0.15) is 0 Å². The molecule has 0 aliphatic carbocycles. The lowest BCUT2D eigenvalue weighted by Gasteiger charge is -2.29. The van der Waals surface area contributed by atoms with Gasteiger partial charge in [0.05, 0.1) is 17.6 Å². The van der Waals surface area contributed by atoms with E-state index in [1.165, 1.54) is 24.9 Å². The average molecular weight is 277 g/mol. The molecule has 0 aromatic carbocycles. The molecular formula is C17H31N3. The Kier molecular flexibility index (Phi) is 7.60.